The average molecular weight is 721 g/mol. The van der Waals surface area contributed by atoms with Crippen LogP contribution in [0.25, 0.3) is 0 Å². The largest absolute Gasteiger partial charge is 0.0696 e. The Morgan fingerprint density at radius 3 is 0.981 bits per heavy atom. The van der Waals surface area contributed by atoms with Crippen molar-refractivity contribution in [2.75, 3.05) is 0 Å². The van der Waals surface area contributed by atoms with Gasteiger partial charge in [-0.2, -0.15) is 0 Å². The van der Waals surface area contributed by atoms with E-state index in [2.05, 4.69) is 229 Å². The molecule has 0 fully saturated rings. The second-order valence-corrected chi connectivity index (χ2v) is 16.6. The maximum Gasteiger partial charge on any atom is -0.0104 e. The molecule has 0 amide bonds. The fourth-order valence-corrected chi connectivity index (χ4v) is 6.86. The Balaban J connectivity index is 1.78. The van der Waals surface area contributed by atoms with E-state index in [1.807, 2.05) is 0 Å². The molecular formula is C54H72. The monoisotopic (exact) mass is 721 g/mol. The summed E-state index contributed by atoms with van der Waals surface area (Å²) in [5, 5.41) is 0. The first-order valence-corrected chi connectivity index (χ1v) is 20.1. The van der Waals surface area contributed by atoms with Crippen molar-refractivity contribution < 1.29 is 0 Å². The van der Waals surface area contributed by atoms with E-state index in [9.17, 15) is 0 Å². The molecule has 0 aliphatic heterocycles. The summed E-state index contributed by atoms with van der Waals surface area (Å²) in [5.41, 5.74) is 14.0. The SMILES string of the molecule is CC1=C(/C=C/C(C)=C/C=C/C=C/C(C)=C/C=C/C(C)=C/C=C/C=C(C)/C=C/C=C(C)/C=C/C=C/C=C(C)/C=C/C2=C(C)CCCC2(C)C)C(C)(C)CCC1. The Morgan fingerprint density at radius 1 is 0.370 bits per heavy atom. The topological polar surface area (TPSA) is 0 Å². The summed E-state index contributed by atoms with van der Waals surface area (Å²) in [6.07, 6.45) is 59.3. The summed E-state index contributed by atoms with van der Waals surface area (Å²) in [4.78, 5) is 0. The number of hydrogen-bond donors (Lipinski definition) is 0. The fraction of sp³-hybridized carbons (Fsp3) is 0.370. The van der Waals surface area contributed by atoms with Gasteiger partial charge in [-0.25, -0.2) is 0 Å². The van der Waals surface area contributed by atoms with E-state index >= 15 is 0 Å². The number of allylic oxidation sites excluding steroid dienone is 34. The van der Waals surface area contributed by atoms with Crippen molar-refractivity contribution in [1.82, 2.24) is 0 Å². The molecule has 0 N–H and O–H groups in total. The highest BCUT2D eigenvalue weighted by atomic mass is 14.3. The highest BCUT2D eigenvalue weighted by Crippen LogP contribution is 2.41. The first kappa shape index (κ1) is 45.7. The summed E-state index contributed by atoms with van der Waals surface area (Å²) < 4.78 is 0. The molecule has 0 bridgehead atoms. The standard InChI is InChI=1S/C54H72/c1-43(25-15-13-17-27-47(5)37-39-51-49(7)35-23-41-53(51,9)10)31-21-33-45(3)29-19-20-30-46(4)34-22-32-44(2)26-16-14-18-28-48(6)38-40-52-50(8)36-24-42-54(52,11)12/h13-22,25-34,37-40H,23-24,35-36,41-42H2,1-12H3/b17-13+,18-14+,20-19+,25-15+,26-16+,33-21+,34-22+,39-37+,40-38+,43-31+,44-32+,45-29+,46-30+,47-27+,48-28+. The van der Waals surface area contributed by atoms with Crippen molar-refractivity contribution in [1.29, 1.82) is 0 Å². The fourth-order valence-electron chi connectivity index (χ4n) is 6.86. The molecule has 2 rings (SSSR count). The predicted octanol–water partition coefficient (Wildman–Crippen LogP) is 16.7. The van der Waals surface area contributed by atoms with E-state index in [1.54, 1.807) is 11.1 Å². The molecular weight excluding hydrogens is 649 g/mol. The minimum absolute atomic E-state index is 0.282. The van der Waals surface area contributed by atoms with Crippen molar-refractivity contribution in [2.45, 2.75) is 122 Å². The van der Waals surface area contributed by atoms with Gasteiger partial charge in [-0.15, -0.1) is 0 Å². The van der Waals surface area contributed by atoms with Gasteiger partial charge in [-0.1, -0.05) is 218 Å². The van der Waals surface area contributed by atoms with E-state index in [1.165, 1.54) is 83.1 Å². The van der Waals surface area contributed by atoms with Crippen molar-refractivity contribution in [3.05, 3.63) is 202 Å². The van der Waals surface area contributed by atoms with E-state index in [-0.39, 0.29) is 10.8 Å². The van der Waals surface area contributed by atoms with Crippen LogP contribution in [-0.2, 0) is 0 Å². The summed E-state index contributed by atoms with van der Waals surface area (Å²) in [5.74, 6) is 0. The third-order valence-corrected chi connectivity index (χ3v) is 10.3. The zero-order valence-corrected chi connectivity index (χ0v) is 36.1. The number of hydrogen-bond acceptors (Lipinski definition) is 0. The molecule has 0 spiro atoms. The summed E-state index contributed by atoms with van der Waals surface area (Å²) in [6, 6.07) is 0. The molecule has 0 heterocycles. The van der Waals surface area contributed by atoms with E-state index in [0.29, 0.717) is 0 Å². The lowest BCUT2D eigenvalue weighted by molar-refractivity contribution is 0.376. The van der Waals surface area contributed by atoms with E-state index in [0.717, 1.165) is 0 Å². The molecule has 54 heavy (non-hydrogen) atoms. The predicted molar refractivity (Wildman–Crippen MR) is 245 cm³/mol. The highest BCUT2D eigenvalue weighted by Gasteiger charge is 2.27. The maximum atomic E-state index is 2.37. The van der Waals surface area contributed by atoms with Crippen LogP contribution >= 0.6 is 0 Å². The second-order valence-electron chi connectivity index (χ2n) is 16.6. The van der Waals surface area contributed by atoms with Gasteiger partial charge in [0, 0.05) is 0 Å². The normalized spacial score (nSPS) is 20.7. The van der Waals surface area contributed by atoms with Crippen LogP contribution in [0.5, 0.6) is 0 Å². The van der Waals surface area contributed by atoms with Gasteiger partial charge in [0.15, 0.2) is 0 Å². The van der Waals surface area contributed by atoms with Gasteiger partial charge in [-0.05, 0) is 116 Å². The van der Waals surface area contributed by atoms with Crippen LogP contribution in [0.15, 0.2) is 202 Å². The smallest absolute Gasteiger partial charge is 0.0104 e. The lowest BCUT2D eigenvalue weighted by atomic mass is 9.72. The molecule has 0 aromatic rings. The molecule has 0 aromatic heterocycles. The van der Waals surface area contributed by atoms with Gasteiger partial charge >= 0.3 is 0 Å². The number of rotatable bonds is 16. The molecule has 2 aliphatic carbocycles. The van der Waals surface area contributed by atoms with Crippen LogP contribution in [0, 0.1) is 10.8 Å². The minimum Gasteiger partial charge on any atom is -0.0696 e. The molecule has 0 radical (unpaired) electrons. The van der Waals surface area contributed by atoms with Crippen LogP contribution in [0.2, 0.25) is 0 Å². The van der Waals surface area contributed by atoms with Crippen LogP contribution in [0.4, 0.5) is 0 Å². The van der Waals surface area contributed by atoms with Gasteiger partial charge in [0.25, 0.3) is 0 Å². The van der Waals surface area contributed by atoms with E-state index < -0.39 is 0 Å². The molecule has 2 aliphatic rings. The van der Waals surface area contributed by atoms with Gasteiger partial charge in [-0.3, -0.25) is 0 Å². The van der Waals surface area contributed by atoms with Crippen LogP contribution < -0.4 is 0 Å². The van der Waals surface area contributed by atoms with Crippen molar-refractivity contribution >= 4 is 0 Å². The minimum atomic E-state index is 0.282. The van der Waals surface area contributed by atoms with Gasteiger partial charge < -0.3 is 0 Å². The Morgan fingerprint density at radius 2 is 0.648 bits per heavy atom. The highest BCUT2D eigenvalue weighted by molar-refractivity contribution is 5.39. The van der Waals surface area contributed by atoms with Gasteiger partial charge in [0.05, 0.1) is 0 Å². The van der Waals surface area contributed by atoms with Crippen molar-refractivity contribution in [3.8, 4) is 0 Å². The van der Waals surface area contributed by atoms with Crippen molar-refractivity contribution in [2.24, 2.45) is 10.8 Å². The third kappa shape index (κ3) is 18.6. The second kappa shape index (κ2) is 24.1. The summed E-state index contributed by atoms with van der Waals surface area (Å²) in [7, 11) is 0. The first-order valence-electron chi connectivity index (χ1n) is 20.1. The summed E-state index contributed by atoms with van der Waals surface area (Å²) >= 11 is 0. The van der Waals surface area contributed by atoms with E-state index in [4.69, 9.17) is 0 Å². The molecule has 0 unspecified atom stereocenters. The van der Waals surface area contributed by atoms with Crippen LogP contribution in [0.3, 0.4) is 0 Å². The lowest BCUT2D eigenvalue weighted by Gasteiger charge is -2.33. The molecule has 0 saturated heterocycles. The molecule has 0 saturated carbocycles. The van der Waals surface area contributed by atoms with Crippen LogP contribution in [0.1, 0.15) is 122 Å². The zero-order chi connectivity index (χ0) is 40.0. The Labute approximate surface area is 332 Å². The van der Waals surface area contributed by atoms with Gasteiger partial charge in [0.1, 0.15) is 0 Å². The lowest BCUT2D eigenvalue weighted by Crippen LogP contribution is -2.19. The molecule has 0 heteroatoms. The first-order chi connectivity index (χ1) is 25.6. The molecule has 0 aromatic carbocycles. The maximum absolute atomic E-state index is 2.37. The van der Waals surface area contributed by atoms with Crippen molar-refractivity contribution in [3.63, 3.8) is 0 Å². The quantitative estimate of drug-likeness (QED) is 0.139. The molecule has 288 valence electrons. The molecule has 0 nitrogen and oxygen atoms in total. The Hall–Kier alpha value is -4.42. The van der Waals surface area contributed by atoms with Crippen LogP contribution in [-0.4, -0.2) is 0 Å². The average Bonchev–Trinajstić information content (AvgIpc) is 3.09. The molecule has 0 atom stereocenters. The van der Waals surface area contributed by atoms with Gasteiger partial charge in [0.2, 0.25) is 0 Å². The Kier molecular flexibility index (Phi) is 20.4. The Bertz CT molecular complexity index is 1650. The third-order valence-electron chi connectivity index (χ3n) is 10.3. The summed E-state index contributed by atoms with van der Waals surface area (Å²) in [6.45, 7) is 26.9. The zero-order valence-electron chi connectivity index (χ0n) is 36.1.